The lowest BCUT2D eigenvalue weighted by atomic mass is 10.1. The summed E-state index contributed by atoms with van der Waals surface area (Å²) in [5.41, 5.74) is 7.76. The predicted molar refractivity (Wildman–Crippen MR) is 80.3 cm³/mol. The van der Waals surface area contributed by atoms with Gasteiger partial charge >= 0.3 is 0 Å². The number of anilines is 2. The van der Waals surface area contributed by atoms with Gasteiger partial charge in [-0.15, -0.1) is 11.3 Å². The van der Waals surface area contributed by atoms with Crippen LogP contribution in [-0.2, 0) is 6.54 Å². The molecule has 3 rings (SSSR count). The largest absolute Gasteiger partial charge is 0.398 e. The summed E-state index contributed by atoms with van der Waals surface area (Å²) >= 11 is 1.70. The van der Waals surface area contributed by atoms with Gasteiger partial charge in [0, 0.05) is 45.6 Å². The van der Waals surface area contributed by atoms with Crippen LogP contribution in [0.25, 0.3) is 10.8 Å². The van der Waals surface area contributed by atoms with Crippen molar-refractivity contribution in [3.8, 4) is 0 Å². The van der Waals surface area contributed by atoms with E-state index >= 15 is 0 Å². The van der Waals surface area contributed by atoms with Crippen LogP contribution < -0.4 is 11.1 Å². The Labute approximate surface area is 115 Å². The molecule has 0 radical (unpaired) electrons. The maximum Gasteiger partial charge on any atom is 0.112 e. The standard InChI is InChI=1S/C14H14N4S/c1-9-6-18-14(19-9)8-17-13-3-2-12(15)11-7-16-5-4-10(11)13/h2-7,17H,8,15H2,1H3. The number of nitrogens with zero attached hydrogens (tertiary/aromatic N) is 2. The molecule has 4 nitrogen and oxygen atoms in total. The summed E-state index contributed by atoms with van der Waals surface area (Å²) in [4.78, 5) is 9.69. The Hall–Kier alpha value is -2.14. The highest BCUT2D eigenvalue weighted by atomic mass is 32.1. The van der Waals surface area contributed by atoms with E-state index in [4.69, 9.17) is 5.73 Å². The van der Waals surface area contributed by atoms with Crippen molar-refractivity contribution in [1.82, 2.24) is 9.97 Å². The van der Waals surface area contributed by atoms with E-state index < -0.39 is 0 Å². The maximum absolute atomic E-state index is 5.96. The molecule has 0 unspecified atom stereocenters. The van der Waals surface area contributed by atoms with Gasteiger partial charge in [0.15, 0.2) is 0 Å². The zero-order valence-corrected chi connectivity index (χ0v) is 11.4. The summed E-state index contributed by atoms with van der Waals surface area (Å²) in [5, 5.41) is 6.55. The van der Waals surface area contributed by atoms with E-state index in [1.807, 2.05) is 24.4 Å². The summed E-state index contributed by atoms with van der Waals surface area (Å²) < 4.78 is 0. The van der Waals surface area contributed by atoms with E-state index in [9.17, 15) is 0 Å². The molecule has 0 saturated heterocycles. The normalized spacial score (nSPS) is 10.8. The molecule has 2 heterocycles. The predicted octanol–water partition coefficient (Wildman–Crippen LogP) is 3.19. The van der Waals surface area contributed by atoms with E-state index in [-0.39, 0.29) is 0 Å². The summed E-state index contributed by atoms with van der Waals surface area (Å²) in [6.07, 6.45) is 5.47. The Kier molecular flexibility index (Phi) is 3.05. The van der Waals surface area contributed by atoms with E-state index in [2.05, 4.69) is 22.2 Å². The summed E-state index contributed by atoms with van der Waals surface area (Å²) in [6.45, 7) is 2.78. The quantitative estimate of drug-likeness (QED) is 0.717. The number of rotatable bonds is 3. The molecule has 2 aromatic heterocycles. The number of fused-ring (bicyclic) bond motifs is 1. The minimum absolute atomic E-state index is 0.722. The first-order chi connectivity index (χ1) is 9.24. The number of aromatic nitrogens is 2. The highest BCUT2D eigenvalue weighted by Crippen LogP contribution is 2.27. The third-order valence-electron chi connectivity index (χ3n) is 2.95. The molecular formula is C14H14N4S. The molecule has 0 atom stereocenters. The van der Waals surface area contributed by atoms with Crippen LogP contribution in [0.4, 0.5) is 11.4 Å². The van der Waals surface area contributed by atoms with Crippen LogP contribution in [0.15, 0.2) is 36.8 Å². The van der Waals surface area contributed by atoms with Gasteiger partial charge in [-0.2, -0.15) is 0 Å². The van der Waals surface area contributed by atoms with Gasteiger partial charge < -0.3 is 11.1 Å². The Bertz CT molecular complexity index is 720. The van der Waals surface area contributed by atoms with Crippen molar-refractivity contribution in [2.24, 2.45) is 0 Å². The number of benzene rings is 1. The van der Waals surface area contributed by atoms with Crippen molar-refractivity contribution < 1.29 is 0 Å². The highest BCUT2D eigenvalue weighted by molar-refractivity contribution is 7.11. The third kappa shape index (κ3) is 2.37. The molecule has 0 saturated carbocycles. The summed E-state index contributed by atoms with van der Waals surface area (Å²) in [5.74, 6) is 0. The van der Waals surface area contributed by atoms with E-state index in [0.717, 1.165) is 33.7 Å². The van der Waals surface area contributed by atoms with Crippen LogP contribution in [0.2, 0.25) is 0 Å². The van der Waals surface area contributed by atoms with Gasteiger partial charge in [-0.1, -0.05) is 0 Å². The fourth-order valence-electron chi connectivity index (χ4n) is 2.02. The zero-order valence-electron chi connectivity index (χ0n) is 10.6. The van der Waals surface area contributed by atoms with Crippen molar-refractivity contribution in [2.45, 2.75) is 13.5 Å². The monoisotopic (exact) mass is 270 g/mol. The van der Waals surface area contributed by atoms with Crippen molar-refractivity contribution in [2.75, 3.05) is 11.1 Å². The second kappa shape index (κ2) is 4.85. The van der Waals surface area contributed by atoms with Crippen molar-refractivity contribution in [3.05, 3.63) is 46.7 Å². The first-order valence-electron chi connectivity index (χ1n) is 6.01. The summed E-state index contributed by atoms with van der Waals surface area (Å²) in [7, 11) is 0. The molecule has 3 N–H and O–H groups in total. The topological polar surface area (TPSA) is 63.8 Å². The van der Waals surface area contributed by atoms with Gasteiger partial charge in [-0.25, -0.2) is 4.98 Å². The first kappa shape index (κ1) is 11.9. The van der Waals surface area contributed by atoms with Crippen LogP contribution in [0.3, 0.4) is 0 Å². The van der Waals surface area contributed by atoms with Crippen LogP contribution in [-0.4, -0.2) is 9.97 Å². The van der Waals surface area contributed by atoms with Gasteiger partial charge in [0.1, 0.15) is 5.01 Å². The molecule has 0 fully saturated rings. The second-order valence-corrected chi connectivity index (χ2v) is 5.66. The smallest absolute Gasteiger partial charge is 0.112 e. The number of hydrogen-bond donors (Lipinski definition) is 2. The molecule has 19 heavy (non-hydrogen) atoms. The molecule has 0 spiro atoms. The first-order valence-corrected chi connectivity index (χ1v) is 6.83. The van der Waals surface area contributed by atoms with Crippen molar-refractivity contribution in [1.29, 1.82) is 0 Å². The number of thiazole rings is 1. The lowest BCUT2D eigenvalue weighted by Crippen LogP contribution is -2.00. The van der Waals surface area contributed by atoms with Crippen LogP contribution in [0.5, 0.6) is 0 Å². The van der Waals surface area contributed by atoms with E-state index in [1.165, 1.54) is 4.88 Å². The SMILES string of the molecule is Cc1cnc(CNc2ccc(N)c3cnccc23)s1. The average molecular weight is 270 g/mol. The highest BCUT2D eigenvalue weighted by Gasteiger charge is 2.05. The van der Waals surface area contributed by atoms with E-state index in [1.54, 1.807) is 23.7 Å². The van der Waals surface area contributed by atoms with Crippen LogP contribution >= 0.6 is 11.3 Å². The number of nitrogens with one attached hydrogen (secondary N) is 1. The molecule has 0 aliphatic carbocycles. The molecule has 5 heteroatoms. The maximum atomic E-state index is 5.96. The number of aryl methyl sites for hydroxylation is 1. The fourth-order valence-corrected chi connectivity index (χ4v) is 2.75. The number of hydrogen-bond acceptors (Lipinski definition) is 5. The Balaban J connectivity index is 1.91. The molecular weight excluding hydrogens is 256 g/mol. The van der Waals surface area contributed by atoms with E-state index in [0.29, 0.717) is 0 Å². The lowest BCUT2D eigenvalue weighted by molar-refractivity contribution is 1.11. The molecule has 0 amide bonds. The van der Waals surface area contributed by atoms with Gasteiger partial charge in [0.2, 0.25) is 0 Å². The number of nitrogen functional groups attached to an aromatic ring is 1. The van der Waals surface area contributed by atoms with Gasteiger partial charge in [0.25, 0.3) is 0 Å². The molecule has 0 bridgehead atoms. The third-order valence-corrected chi connectivity index (χ3v) is 3.86. The number of pyridine rings is 1. The minimum Gasteiger partial charge on any atom is -0.398 e. The molecule has 3 aromatic rings. The van der Waals surface area contributed by atoms with Crippen LogP contribution in [0, 0.1) is 6.92 Å². The molecule has 96 valence electrons. The fraction of sp³-hybridized carbons (Fsp3) is 0.143. The lowest BCUT2D eigenvalue weighted by Gasteiger charge is -2.09. The Morgan fingerprint density at radius 2 is 2.11 bits per heavy atom. The second-order valence-electron chi connectivity index (χ2n) is 4.34. The van der Waals surface area contributed by atoms with Gasteiger partial charge in [-0.05, 0) is 25.1 Å². The van der Waals surface area contributed by atoms with Gasteiger partial charge in [0.05, 0.1) is 6.54 Å². The summed E-state index contributed by atoms with van der Waals surface area (Å²) in [6, 6.07) is 5.87. The molecule has 1 aromatic carbocycles. The van der Waals surface area contributed by atoms with Crippen molar-refractivity contribution in [3.63, 3.8) is 0 Å². The van der Waals surface area contributed by atoms with Gasteiger partial charge in [-0.3, -0.25) is 4.98 Å². The average Bonchev–Trinajstić information content (AvgIpc) is 2.84. The molecule has 0 aliphatic rings. The van der Waals surface area contributed by atoms with Crippen molar-refractivity contribution >= 4 is 33.5 Å². The Morgan fingerprint density at radius 1 is 1.21 bits per heavy atom. The zero-order chi connectivity index (χ0) is 13.2. The van der Waals surface area contributed by atoms with Crippen LogP contribution in [0.1, 0.15) is 9.88 Å². The number of nitrogens with two attached hydrogens (primary N) is 1. The Morgan fingerprint density at radius 3 is 2.89 bits per heavy atom. The molecule has 0 aliphatic heterocycles. The minimum atomic E-state index is 0.722.